The molecule has 0 fully saturated rings. The van der Waals surface area contributed by atoms with Crippen molar-refractivity contribution in [3.8, 4) is 0 Å². The average molecular weight is 254 g/mol. The number of aryl methyl sites for hydroxylation is 1. The lowest BCUT2D eigenvalue weighted by Gasteiger charge is -2.02. The van der Waals surface area contributed by atoms with E-state index in [1.165, 1.54) is 6.92 Å². The van der Waals surface area contributed by atoms with Crippen LogP contribution >= 0.6 is 10.7 Å². The highest BCUT2D eigenvalue weighted by Gasteiger charge is 2.29. The Morgan fingerprint density at radius 3 is 2.40 bits per heavy atom. The van der Waals surface area contributed by atoms with Crippen LogP contribution in [0.1, 0.15) is 5.56 Å². The van der Waals surface area contributed by atoms with Gasteiger partial charge in [-0.2, -0.15) is 0 Å². The Labute approximate surface area is 89.0 Å². The smallest absolute Gasteiger partial charge is 0.258 e. The maximum absolute atomic E-state index is 13.4. The van der Waals surface area contributed by atoms with E-state index in [1.807, 2.05) is 0 Å². The predicted octanol–water partition coefficient (Wildman–Crippen LogP) is 1.97. The Morgan fingerprint density at radius 2 is 2.00 bits per heavy atom. The zero-order chi connectivity index (χ0) is 11.8. The van der Waals surface area contributed by atoms with Crippen molar-refractivity contribution in [3.63, 3.8) is 0 Å². The van der Waals surface area contributed by atoms with Gasteiger partial charge in [-0.3, -0.25) is 10.1 Å². The maximum Gasteiger partial charge on any atom is 0.292 e. The van der Waals surface area contributed by atoms with E-state index in [9.17, 15) is 22.9 Å². The first-order valence-corrected chi connectivity index (χ1v) is 5.94. The normalized spacial score (nSPS) is 11.4. The van der Waals surface area contributed by atoms with Gasteiger partial charge in [0, 0.05) is 16.7 Å². The summed E-state index contributed by atoms with van der Waals surface area (Å²) in [6.07, 6.45) is 0. The van der Waals surface area contributed by atoms with Crippen LogP contribution in [0.5, 0.6) is 0 Å². The predicted molar refractivity (Wildman–Crippen MR) is 50.8 cm³/mol. The number of benzene rings is 1. The highest BCUT2D eigenvalue weighted by molar-refractivity contribution is 8.13. The zero-order valence-electron chi connectivity index (χ0n) is 7.40. The number of nitrogens with zero attached hydrogens (tertiary/aromatic N) is 1. The number of nitro groups is 1. The van der Waals surface area contributed by atoms with Crippen molar-refractivity contribution < 1.29 is 17.7 Å². The average Bonchev–Trinajstić information content (AvgIpc) is 2.06. The van der Waals surface area contributed by atoms with Crippen molar-refractivity contribution in [2.24, 2.45) is 0 Å². The van der Waals surface area contributed by atoms with Crippen molar-refractivity contribution >= 4 is 25.4 Å². The third-order valence-electron chi connectivity index (χ3n) is 1.71. The van der Waals surface area contributed by atoms with Crippen LogP contribution in [0.15, 0.2) is 17.0 Å². The van der Waals surface area contributed by atoms with Crippen LogP contribution in [-0.4, -0.2) is 13.3 Å². The second-order valence-corrected chi connectivity index (χ2v) is 5.24. The molecule has 0 radical (unpaired) electrons. The topological polar surface area (TPSA) is 77.3 Å². The number of hydrogen-bond acceptors (Lipinski definition) is 4. The molecule has 0 unspecified atom stereocenters. The SMILES string of the molecule is Cc1ccc([N+](=O)[O-])c(S(=O)(=O)Cl)c1F. The fourth-order valence-corrected chi connectivity index (χ4v) is 2.23. The van der Waals surface area contributed by atoms with Gasteiger partial charge in [0.2, 0.25) is 0 Å². The van der Waals surface area contributed by atoms with E-state index in [0.717, 1.165) is 12.1 Å². The minimum absolute atomic E-state index is 0.0279. The van der Waals surface area contributed by atoms with Gasteiger partial charge in [-0.25, -0.2) is 12.8 Å². The van der Waals surface area contributed by atoms with Crippen molar-refractivity contribution in [2.45, 2.75) is 11.8 Å². The molecule has 1 aromatic rings. The van der Waals surface area contributed by atoms with Crippen LogP contribution in [0.4, 0.5) is 10.1 Å². The molecule has 0 aliphatic carbocycles. The molecule has 0 N–H and O–H groups in total. The fraction of sp³-hybridized carbons (Fsp3) is 0.143. The Morgan fingerprint density at radius 1 is 1.47 bits per heavy atom. The first kappa shape index (κ1) is 11.9. The van der Waals surface area contributed by atoms with Gasteiger partial charge in [-0.05, 0) is 18.6 Å². The Kier molecular flexibility index (Phi) is 2.96. The summed E-state index contributed by atoms with van der Waals surface area (Å²) in [5, 5.41) is 10.4. The quantitative estimate of drug-likeness (QED) is 0.459. The molecule has 0 bridgehead atoms. The van der Waals surface area contributed by atoms with E-state index in [-0.39, 0.29) is 5.56 Å². The fourth-order valence-electron chi connectivity index (χ4n) is 1.02. The monoisotopic (exact) mass is 253 g/mol. The van der Waals surface area contributed by atoms with E-state index in [4.69, 9.17) is 10.7 Å². The number of halogens is 2. The molecule has 15 heavy (non-hydrogen) atoms. The van der Waals surface area contributed by atoms with Crippen molar-refractivity contribution in [1.82, 2.24) is 0 Å². The van der Waals surface area contributed by atoms with Gasteiger partial charge < -0.3 is 0 Å². The molecule has 1 aromatic carbocycles. The lowest BCUT2D eigenvalue weighted by Crippen LogP contribution is -2.03. The summed E-state index contributed by atoms with van der Waals surface area (Å²) in [5.41, 5.74) is -0.895. The second-order valence-electron chi connectivity index (χ2n) is 2.74. The lowest BCUT2D eigenvalue weighted by atomic mass is 10.2. The van der Waals surface area contributed by atoms with E-state index < -0.39 is 30.4 Å². The van der Waals surface area contributed by atoms with Gasteiger partial charge in [0.15, 0.2) is 10.7 Å². The van der Waals surface area contributed by atoms with Gasteiger partial charge >= 0.3 is 0 Å². The van der Waals surface area contributed by atoms with Crippen LogP contribution in [0.3, 0.4) is 0 Å². The molecule has 0 aromatic heterocycles. The molecule has 5 nitrogen and oxygen atoms in total. The molecule has 0 heterocycles. The first-order valence-electron chi connectivity index (χ1n) is 3.63. The molecule has 0 aliphatic heterocycles. The van der Waals surface area contributed by atoms with Crippen LogP contribution in [-0.2, 0) is 9.05 Å². The van der Waals surface area contributed by atoms with Crippen LogP contribution in [0.25, 0.3) is 0 Å². The number of nitro benzene ring substituents is 1. The summed E-state index contributed by atoms with van der Waals surface area (Å²) in [5.74, 6) is -1.20. The van der Waals surface area contributed by atoms with Crippen molar-refractivity contribution in [3.05, 3.63) is 33.6 Å². The van der Waals surface area contributed by atoms with Crippen molar-refractivity contribution in [1.29, 1.82) is 0 Å². The van der Waals surface area contributed by atoms with E-state index in [1.54, 1.807) is 0 Å². The Bertz CT molecular complexity index is 528. The van der Waals surface area contributed by atoms with Crippen molar-refractivity contribution in [2.75, 3.05) is 0 Å². The summed E-state index contributed by atoms with van der Waals surface area (Å²) in [4.78, 5) is 8.36. The maximum atomic E-state index is 13.4. The summed E-state index contributed by atoms with van der Waals surface area (Å²) in [6.45, 7) is 1.28. The number of rotatable bonds is 2. The van der Waals surface area contributed by atoms with Gasteiger partial charge in [-0.15, -0.1) is 0 Å². The third-order valence-corrected chi connectivity index (χ3v) is 3.05. The van der Waals surface area contributed by atoms with E-state index in [0.29, 0.717) is 0 Å². The van der Waals surface area contributed by atoms with Gasteiger partial charge in [-0.1, -0.05) is 0 Å². The highest BCUT2D eigenvalue weighted by atomic mass is 35.7. The largest absolute Gasteiger partial charge is 0.292 e. The van der Waals surface area contributed by atoms with E-state index in [2.05, 4.69) is 0 Å². The highest BCUT2D eigenvalue weighted by Crippen LogP contribution is 2.30. The van der Waals surface area contributed by atoms with Gasteiger partial charge in [0.05, 0.1) is 4.92 Å². The Balaban J connectivity index is 3.72. The zero-order valence-corrected chi connectivity index (χ0v) is 8.97. The summed E-state index contributed by atoms with van der Waals surface area (Å²) >= 11 is 0. The minimum atomic E-state index is -4.48. The van der Waals surface area contributed by atoms with Crippen LogP contribution in [0, 0.1) is 22.9 Å². The molecular weight excluding hydrogens is 249 g/mol. The van der Waals surface area contributed by atoms with Crippen LogP contribution in [0.2, 0.25) is 0 Å². The molecule has 0 saturated heterocycles. The summed E-state index contributed by atoms with van der Waals surface area (Å²) < 4.78 is 35.3. The second kappa shape index (κ2) is 3.74. The summed E-state index contributed by atoms with van der Waals surface area (Å²) in [6, 6.07) is 2.01. The third kappa shape index (κ3) is 2.24. The molecule has 0 amide bonds. The standard InChI is InChI=1S/C7H5ClFNO4S/c1-4-2-3-5(10(11)12)7(6(4)9)15(8,13)14/h2-3H,1H3. The molecule has 0 spiro atoms. The lowest BCUT2D eigenvalue weighted by molar-refractivity contribution is -0.388. The Hall–Kier alpha value is -1.21. The molecule has 82 valence electrons. The number of hydrogen-bond donors (Lipinski definition) is 0. The molecular formula is C7H5ClFNO4S. The van der Waals surface area contributed by atoms with Crippen LogP contribution < -0.4 is 0 Å². The summed E-state index contributed by atoms with van der Waals surface area (Å²) in [7, 11) is 0.437. The molecule has 0 atom stereocenters. The van der Waals surface area contributed by atoms with E-state index >= 15 is 0 Å². The van der Waals surface area contributed by atoms with Gasteiger partial charge in [0.1, 0.15) is 0 Å². The first-order chi connectivity index (χ1) is 6.75. The molecule has 0 aliphatic rings. The molecule has 0 saturated carbocycles. The van der Waals surface area contributed by atoms with Gasteiger partial charge in [0.25, 0.3) is 14.7 Å². The molecule has 8 heteroatoms. The minimum Gasteiger partial charge on any atom is -0.258 e. The molecule has 1 rings (SSSR count).